The van der Waals surface area contributed by atoms with Gasteiger partial charge in [0.2, 0.25) is 0 Å². The summed E-state index contributed by atoms with van der Waals surface area (Å²) in [4.78, 5) is 15.8. The van der Waals surface area contributed by atoms with Crippen molar-refractivity contribution in [2.75, 3.05) is 28.4 Å². The first-order valence-corrected chi connectivity index (χ1v) is 4.15. The molecular formula is C9H13NO5. The highest BCUT2D eigenvalue weighted by molar-refractivity contribution is 5.58. The van der Waals surface area contributed by atoms with Crippen LogP contribution in [0.15, 0.2) is 17.7 Å². The molecular weight excluding hydrogens is 202 g/mol. The lowest BCUT2D eigenvalue weighted by atomic mass is 10.2. The molecule has 6 heteroatoms. The third-order valence-electron chi connectivity index (χ3n) is 2.18. The lowest BCUT2D eigenvalue weighted by Crippen LogP contribution is -2.39. The number of hydrogen-bond donors (Lipinski definition) is 0. The Morgan fingerprint density at radius 3 is 2.20 bits per heavy atom. The zero-order chi connectivity index (χ0) is 11.5. The van der Waals surface area contributed by atoms with Crippen molar-refractivity contribution < 1.29 is 23.8 Å². The molecule has 0 bridgehead atoms. The van der Waals surface area contributed by atoms with Crippen molar-refractivity contribution in [3.63, 3.8) is 0 Å². The van der Waals surface area contributed by atoms with Crippen LogP contribution in [0.1, 0.15) is 0 Å². The van der Waals surface area contributed by atoms with Crippen molar-refractivity contribution >= 4 is 5.94 Å². The molecule has 1 heterocycles. The van der Waals surface area contributed by atoms with Gasteiger partial charge in [0.15, 0.2) is 17.4 Å². The fourth-order valence-electron chi connectivity index (χ4n) is 1.44. The van der Waals surface area contributed by atoms with Crippen LogP contribution in [-0.2, 0) is 23.8 Å². The Bertz CT molecular complexity index is 314. The second-order valence-electron chi connectivity index (χ2n) is 2.68. The average molecular weight is 215 g/mol. The summed E-state index contributed by atoms with van der Waals surface area (Å²) in [5.41, 5.74) is 0.0480. The fraction of sp³-hybridized carbons (Fsp3) is 0.556. The van der Waals surface area contributed by atoms with E-state index in [1.54, 1.807) is 5.94 Å². The molecule has 0 radical (unpaired) electrons. The molecule has 0 saturated heterocycles. The number of hydroxylamine groups is 2. The summed E-state index contributed by atoms with van der Waals surface area (Å²) >= 11 is 0. The van der Waals surface area contributed by atoms with Crippen LogP contribution in [0, 0.1) is 0 Å². The van der Waals surface area contributed by atoms with Gasteiger partial charge in [-0.05, 0) is 0 Å². The van der Waals surface area contributed by atoms with Gasteiger partial charge in [-0.1, -0.05) is 0 Å². The van der Waals surface area contributed by atoms with Gasteiger partial charge in [0.25, 0.3) is 5.79 Å². The molecule has 0 unspecified atom stereocenters. The van der Waals surface area contributed by atoms with Gasteiger partial charge >= 0.3 is 0 Å². The lowest BCUT2D eigenvalue weighted by molar-refractivity contribution is -0.189. The van der Waals surface area contributed by atoms with E-state index in [0.717, 1.165) is 0 Å². The Labute approximate surface area is 87.6 Å². The SMILES string of the molecule is COC1=CN(OC)C(=C=O)C1(OC)OC. The molecule has 0 saturated carbocycles. The molecule has 0 aliphatic carbocycles. The van der Waals surface area contributed by atoms with Gasteiger partial charge < -0.3 is 14.2 Å². The van der Waals surface area contributed by atoms with E-state index in [1.165, 1.54) is 39.7 Å². The van der Waals surface area contributed by atoms with Crippen molar-refractivity contribution in [1.82, 2.24) is 5.06 Å². The van der Waals surface area contributed by atoms with E-state index in [4.69, 9.17) is 19.0 Å². The molecule has 0 spiro atoms. The van der Waals surface area contributed by atoms with Crippen LogP contribution in [0.5, 0.6) is 0 Å². The molecule has 84 valence electrons. The predicted octanol–water partition coefficient (Wildman–Crippen LogP) is 0.0558. The maximum Gasteiger partial charge on any atom is 0.285 e. The second kappa shape index (κ2) is 4.46. The smallest absolute Gasteiger partial charge is 0.285 e. The van der Waals surface area contributed by atoms with Gasteiger partial charge in [-0.2, -0.15) is 0 Å². The monoisotopic (exact) mass is 215 g/mol. The van der Waals surface area contributed by atoms with E-state index in [0.29, 0.717) is 5.76 Å². The van der Waals surface area contributed by atoms with Gasteiger partial charge in [0.1, 0.15) is 0 Å². The molecule has 0 atom stereocenters. The summed E-state index contributed by atoms with van der Waals surface area (Å²) in [6, 6.07) is 0. The third-order valence-corrected chi connectivity index (χ3v) is 2.18. The summed E-state index contributed by atoms with van der Waals surface area (Å²) in [5.74, 6) is 0.638. The van der Waals surface area contributed by atoms with E-state index in [9.17, 15) is 4.79 Å². The Morgan fingerprint density at radius 2 is 1.87 bits per heavy atom. The van der Waals surface area contributed by atoms with Crippen molar-refractivity contribution in [2.45, 2.75) is 5.79 Å². The van der Waals surface area contributed by atoms with Crippen LogP contribution in [-0.4, -0.2) is 45.2 Å². The summed E-state index contributed by atoms with van der Waals surface area (Å²) in [6.07, 6.45) is 1.45. The van der Waals surface area contributed by atoms with Gasteiger partial charge in [-0.25, -0.2) is 9.86 Å². The number of methoxy groups -OCH3 is 3. The highest BCUT2D eigenvalue weighted by atomic mass is 16.7. The maximum absolute atomic E-state index is 10.8. The van der Waals surface area contributed by atoms with E-state index in [2.05, 4.69) is 0 Å². The molecule has 1 aliphatic heterocycles. The van der Waals surface area contributed by atoms with Crippen LogP contribution in [0.3, 0.4) is 0 Å². The van der Waals surface area contributed by atoms with E-state index in [1.807, 2.05) is 0 Å². The van der Waals surface area contributed by atoms with E-state index >= 15 is 0 Å². The number of ether oxygens (including phenoxy) is 3. The molecule has 0 fully saturated rings. The van der Waals surface area contributed by atoms with Crippen LogP contribution in [0.4, 0.5) is 0 Å². The van der Waals surface area contributed by atoms with Crippen LogP contribution >= 0.6 is 0 Å². The zero-order valence-corrected chi connectivity index (χ0v) is 9.07. The van der Waals surface area contributed by atoms with Crippen molar-refractivity contribution in [2.24, 2.45) is 0 Å². The Hall–Kier alpha value is -1.33. The topological polar surface area (TPSA) is 57.2 Å². The number of hydrogen-bond acceptors (Lipinski definition) is 6. The van der Waals surface area contributed by atoms with Gasteiger partial charge in [-0.3, -0.25) is 4.84 Å². The minimum absolute atomic E-state index is 0.0480. The number of carbonyl (C=O) groups excluding carboxylic acids is 1. The highest BCUT2D eigenvalue weighted by Crippen LogP contribution is 2.37. The first kappa shape index (κ1) is 11.7. The second-order valence-corrected chi connectivity index (χ2v) is 2.68. The van der Waals surface area contributed by atoms with Gasteiger partial charge in [0, 0.05) is 14.2 Å². The maximum atomic E-state index is 10.8. The molecule has 1 aliphatic rings. The third kappa shape index (κ3) is 1.53. The summed E-state index contributed by atoms with van der Waals surface area (Å²) in [7, 11) is 5.64. The Balaban J connectivity index is 3.23. The molecule has 15 heavy (non-hydrogen) atoms. The Kier molecular flexibility index (Phi) is 3.49. The summed E-state index contributed by atoms with van der Waals surface area (Å²) in [6.45, 7) is 0. The molecule has 0 aromatic heterocycles. The van der Waals surface area contributed by atoms with Crippen molar-refractivity contribution in [3.05, 3.63) is 17.7 Å². The molecule has 0 N–H and O–H groups in total. The highest BCUT2D eigenvalue weighted by Gasteiger charge is 2.50. The lowest BCUT2D eigenvalue weighted by Gasteiger charge is -2.27. The van der Waals surface area contributed by atoms with E-state index in [-0.39, 0.29) is 5.70 Å². The number of rotatable bonds is 4. The van der Waals surface area contributed by atoms with Crippen molar-refractivity contribution in [1.29, 1.82) is 0 Å². The largest absolute Gasteiger partial charge is 0.493 e. The minimum Gasteiger partial charge on any atom is -0.493 e. The van der Waals surface area contributed by atoms with Crippen LogP contribution in [0.25, 0.3) is 0 Å². The molecule has 1 rings (SSSR count). The predicted molar refractivity (Wildman–Crippen MR) is 49.9 cm³/mol. The molecule has 0 aromatic carbocycles. The van der Waals surface area contributed by atoms with Crippen LogP contribution < -0.4 is 0 Å². The standard InChI is InChI=1S/C9H13NO5/c1-12-8-5-10(15-4)7(6-11)9(8,13-2)14-3/h5H,1-4H3. The number of nitrogens with zero attached hydrogens (tertiary/aromatic N) is 1. The zero-order valence-electron chi connectivity index (χ0n) is 9.07. The summed E-state index contributed by atoms with van der Waals surface area (Å²) < 4.78 is 15.4. The average Bonchev–Trinajstić information content (AvgIpc) is 2.61. The van der Waals surface area contributed by atoms with Crippen LogP contribution in [0.2, 0.25) is 0 Å². The quantitative estimate of drug-likeness (QED) is 0.488. The van der Waals surface area contributed by atoms with Gasteiger partial charge in [-0.15, -0.1) is 0 Å². The molecule has 0 aromatic rings. The summed E-state index contributed by atoms with van der Waals surface area (Å²) in [5, 5.41) is 1.18. The first-order chi connectivity index (χ1) is 7.19. The van der Waals surface area contributed by atoms with Gasteiger partial charge in [0.05, 0.1) is 20.4 Å². The Morgan fingerprint density at radius 1 is 1.27 bits per heavy atom. The molecule has 6 nitrogen and oxygen atoms in total. The minimum atomic E-state index is -1.38. The van der Waals surface area contributed by atoms with Crippen molar-refractivity contribution in [3.8, 4) is 0 Å². The van der Waals surface area contributed by atoms with E-state index < -0.39 is 5.79 Å². The fourth-order valence-corrected chi connectivity index (χ4v) is 1.44. The molecule has 0 amide bonds. The first-order valence-electron chi connectivity index (χ1n) is 4.15. The normalized spacial score (nSPS) is 18.8.